The van der Waals surface area contributed by atoms with Crippen molar-refractivity contribution in [1.29, 1.82) is 0 Å². The first-order chi connectivity index (χ1) is 12.6. The molecular weight excluding hydrogens is 356 g/mol. The SMILES string of the molecule is CCCOc1c(Cl)cc(C(=O)N2CCC(OCCCN)CC2)cc1OC. The number of amides is 1. The summed E-state index contributed by atoms with van der Waals surface area (Å²) >= 11 is 6.32. The second-order valence-corrected chi connectivity index (χ2v) is 6.75. The number of benzene rings is 1. The van der Waals surface area contributed by atoms with Gasteiger partial charge in [0.05, 0.1) is 24.8 Å². The third-order valence-electron chi connectivity index (χ3n) is 4.36. The number of nitrogens with zero attached hydrogens (tertiary/aromatic N) is 1. The molecule has 26 heavy (non-hydrogen) atoms. The number of hydrogen-bond acceptors (Lipinski definition) is 5. The van der Waals surface area contributed by atoms with E-state index in [2.05, 4.69) is 0 Å². The minimum absolute atomic E-state index is 0.0485. The second kappa shape index (κ2) is 10.6. The lowest BCUT2D eigenvalue weighted by Gasteiger charge is -2.32. The average molecular weight is 385 g/mol. The summed E-state index contributed by atoms with van der Waals surface area (Å²) in [6.07, 6.45) is 3.60. The molecule has 0 aliphatic carbocycles. The van der Waals surface area contributed by atoms with E-state index in [4.69, 9.17) is 31.5 Å². The number of carbonyl (C=O) groups excluding carboxylic acids is 1. The number of likely N-dealkylation sites (tertiary alicyclic amines) is 1. The van der Waals surface area contributed by atoms with Crippen molar-refractivity contribution < 1.29 is 19.0 Å². The molecule has 0 atom stereocenters. The quantitative estimate of drug-likeness (QED) is 0.662. The molecule has 1 aromatic carbocycles. The van der Waals surface area contributed by atoms with Gasteiger partial charge in [-0.15, -0.1) is 0 Å². The van der Waals surface area contributed by atoms with Gasteiger partial charge in [-0.2, -0.15) is 0 Å². The van der Waals surface area contributed by atoms with Crippen LogP contribution in [-0.2, 0) is 4.74 Å². The minimum atomic E-state index is -0.0485. The molecule has 0 unspecified atom stereocenters. The van der Waals surface area contributed by atoms with Gasteiger partial charge in [0.2, 0.25) is 0 Å². The molecule has 1 aliphatic heterocycles. The Balaban J connectivity index is 2.00. The van der Waals surface area contributed by atoms with Crippen molar-refractivity contribution in [3.8, 4) is 11.5 Å². The first-order valence-electron chi connectivity index (χ1n) is 9.22. The Morgan fingerprint density at radius 3 is 2.65 bits per heavy atom. The monoisotopic (exact) mass is 384 g/mol. The van der Waals surface area contributed by atoms with Crippen LogP contribution in [0.4, 0.5) is 0 Å². The maximum Gasteiger partial charge on any atom is 0.254 e. The molecule has 146 valence electrons. The van der Waals surface area contributed by atoms with Gasteiger partial charge in [0.1, 0.15) is 0 Å². The van der Waals surface area contributed by atoms with E-state index < -0.39 is 0 Å². The topological polar surface area (TPSA) is 74.0 Å². The van der Waals surface area contributed by atoms with E-state index in [9.17, 15) is 4.79 Å². The number of rotatable bonds is 9. The number of hydrogen-bond donors (Lipinski definition) is 1. The van der Waals surface area contributed by atoms with Crippen LogP contribution in [0.1, 0.15) is 43.0 Å². The second-order valence-electron chi connectivity index (χ2n) is 6.34. The van der Waals surface area contributed by atoms with Gasteiger partial charge in [0, 0.05) is 25.3 Å². The van der Waals surface area contributed by atoms with Crippen LogP contribution in [0.5, 0.6) is 11.5 Å². The van der Waals surface area contributed by atoms with Crippen LogP contribution in [0.2, 0.25) is 5.02 Å². The van der Waals surface area contributed by atoms with Crippen molar-refractivity contribution in [2.45, 2.75) is 38.7 Å². The molecule has 2 N–H and O–H groups in total. The zero-order valence-corrected chi connectivity index (χ0v) is 16.4. The summed E-state index contributed by atoms with van der Waals surface area (Å²) < 4.78 is 16.8. The van der Waals surface area contributed by atoms with Gasteiger partial charge >= 0.3 is 0 Å². The third-order valence-corrected chi connectivity index (χ3v) is 4.64. The molecule has 1 fully saturated rings. The van der Waals surface area contributed by atoms with Crippen molar-refractivity contribution in [2.24, 2.45) is 5.73 Å². The highest BCUT2D eigenvalue weighted by Crippen LogP contribution is 2.37. The van der Waals surface area contributed by atoms with Gasteiger partial charge in [-0.3, -0.25) is 4.79 Å². The van der Waals surface area contributed by atoms with Crippen LogP contribution >= 0.6 is 11.6 Å². The Morgan fingerprint density at radius 1 is 1.31 bits per heavy atom. The number of ether oxygens (including phenoxy) is 3. The first-order valence-corrected chi connectivity index (χ1v) is 9.59. The highest BCUT2D eigenvalue weighted by Gasteiger charge is 2.25. The van der Waals surface area contributed by atoms with Gasteiger partial charge < -0.3 is 24.8 Å². The van der Waals surface area contributed by atoms with E-state index in [0.717, 1.165) is 25.7 Å². The average Bonchev–Trinajstić information content (AvgIpc) is 2.66. The molecule has 1 amide bonds. The first kappa shape index (κ1) is 20.8. The van der Waals surface area contributed by atoms with E-state index >= 15 is 0 Å². The largest absolute Gasteiger partial charge is 0.493 e. The number of halogens is 1. The molecule has 0 aromatic heterocycles. The van der Waals surface area contributed by atoms with Crippen molar-refractivity contribution in [3.05, 3.63) is 22.7 Å². The van der Waals surface area contributed by atoms with E-state index in [0.29, 0.717) is 54.9 Å². The van der Waals surface area contributed by atoms with E-state index in [1.807, 2.05) is 11.8 Å². The number of piperidine rings is 1. The molecule has 7 heteroatoms. The Hall–Kier alpha value is -1.50. The summed E-state index contributed by atoms with van der Waals surface area (Å²) in [5.74, 6) is 0.918. The van der Waals surface area contributed by atoms with Gasteiger partial charge in [0.15, 0.2) is 11.5 Å². The summed E-state index contributed by atoms with van der Waals surface area (Å²) in [4.78, 5) is 14.7. The summed E-state index contributed by atoms with van der Waals surface area (Å²) in [6, 6.07) is 3.35. The summed E-state index contributed by atoms with van der Waals surface area (Å²) in [7, 11) is 1.54. The molecule has 1 aliphatic rings. The zero-order chi connectivity index (χ0) is 18.9. The maximum absolute atomic E-state index is 12.8. The summed E-state index contributed by atoms with van der Waals surface area (Å²) in [5, 5.41) is 0.390. The molecule has 0 radical (unpaired) electrons. The van der Waals surface area contributed by atoms with E-state index in [-0.39, 0.29) is 12.0 Å². The Morgan fingerprint density at radius 2 is 2.04 bits per heavy atom. The number of nitrogens with two attached hydrogens (primary N) is 1. The normalized spacial score (nSPS) is 15.2. The fourth-order valence-electron chi connectivity index (χ4n) is 2.93. The Kier molecular flexibility index (Phi) is 8.48. The predicted octanol–water partition coefficient (Wildman–Crippen LogP) is 3.11. The molecule has 6 nitrogen and oxygen atoms in total. The lowest BCUT2D eigenvalue weighted by molar-refractivity contribution is 0.00844. The fraction of sp³-hybridized carbons (Fsp3) is 0.632. The lowest BCUT2D eigenvalue weighted by Crippen LogP contribution is -2.41. The van der Waals surface area contributed by atoms with Crippen molar-refractivity contribution in [1.82, 2.24) is 4.90 Å². The van der Waals surface area contributed by atoms with Gasteiger partial charge in [-0.05, 0) is 44.4 Å². The highest BCUT2D eigenvalue weighted by molar-refractivity contribution is 6.32. The smallest absolute Gasteiger partial charge is 0.254 e. The molecule has 1 aromatic rings. The molecule has 0 spiro atoms. The molecule has 2 rings (SSSR count). The van der Waals surface area contributed by atoms with Gasteiger partial charge in [0.25, 0.3) is 5.91 Å². The van der Waals surface area contributed by atoms with Crippen LogP contribution in [0, 0.1) is 0 Å². The zero-order valence-electron chi connectivity index (χ0n) is 15.6. The van der Waals surface area contributed by atoms with Crippen LogP contribution in [0.15, 0.2) is 12.1 Å². The molecule has 0 bridgehead atoms. The van der Waals surface area contributed by atoms with Crippen LogP contribution in [0.25, 0.3) is 0 Å². The third kappa shape index (κ3) is 5.50. The molecule has 1 saturated heterocycles. The van der Waals surface area contributed by atoms with Gasteiger partial charge in [-0.1, -0.05) is 18.5 Å². The number of carbonyl (C=O) groups is 1. The minimum Gasteiger partial charge on any atom is -0.493 e. The molecule has 1 heterocycles. The standard InChI is InChI=1S/C19H29ClN2O4/c1-3-10-26-18-16(20)12-14(13-17(18)24-2)19(23)22-8-5-15(6-9-22)25-11-4-7-21/h12-13,15H,3-11,21H2,1-2H3. The molecule has 0 saturated carbocycles. The lowest BCUT2D eigenvalue weighted by atomic mass is 10.1. The van der Waals surface area contributed by atoms with E-state index in [1.165, 1.54) is 0 Å². The molecular formula is C19H29ClN2O4. The van der Waals surface area contributed by atoms with Crippen molar-refractivity contribution >= 4 is 17.5 Å². The Bertz CT molecular complexity index is 589. The van der Waals surface area contributed by atoms with Gasteiger partial charge in [-0.25, -0.2) is 0 Å². The summed E-state index contributed by atoms with van der Waals surface area (Å²) in [5.41, 5.74) is 5.99. The highest BCUT2D eigenvalue weighted by atomic mass is 35.5. The fourth-order valence-corrected chi connectivity index (χ4v) is 3.19. The number of methoxy groups -OCH3 is 1. The van der Waals surface area contributed by atoms with Crippen molar-refractivity contribution in [3.63, 3.8) is 0 Å². The van der Waals surface area contributed by atoms with Crippen LogP contribution in [0.3, 0.4) is 0 Å². The van der Waals surface area contributed by atoms with Crippen LogP contribution < -0.4 is 15.2 Å². The maximum atomic E-state index is 12.8. The van der Waals surface area contributed by atoms with Crippen molar-refractivity contribution in [2.75, 3.05) is 40.0 Å². The Labute approximate surface area is 160 Å². The predicted molar refractivity (Wildman–Crippen MR) is 102 cm³/mol. The van der Waals surface area contributed by atoms with Crippen LogP contribution in [-0.4, -0.2) is 56.9 Å². The summed E-state index contributed by atoms with van der Waals surface area (Å²) in [6.45, 7) is 5.21. The van der Waals surface area contributed by atoms with E-state index in [1.54, 1.807) is 19.2 Å².